The van der Waals surface area contributed by atoms with E-state index in [-0.39, 0.29) is 0 Å². The molecule has 1 rings (SSSR count). The van der Waals surface area contributed by atoms with Crippen LogP contribution in [0.4, 0.5) is 0 Å². The van der Waals surface area contributed by atoms with E-state index in [9.17, 15) is 0 Å². The lowest BCUT2D eigenvalue weighted by atomic mass is 10.7. The highest BCUT2D eigenvalue weighted by Gasteiger charge is 2.20. The van der Waals surface area contributed by atoms with Crippen LogP contribution in [0, 0.1) is 0 Å². The van der Waals surface area contributed by atoms with Crippen molar-refractivity contribution in [3.05, 3.63) is 12.4 Å². The van der Waals surface area contributed by atoms with E-state index in [1.54, 1.807) is 0 Å². The average molecular weight is 207 g/mol. The summed E-state index contributed by atoms with van der Waals surface area (Å²) in [7, 11) is 7.32. The third kappa shape index (κ3) is 1.77. The molecule has 0 unspecified atom stereocenters. The largest absolute Gasteiger partial charge is 0.275 e. The van der Waals surface area contributed by atoms with Crippen molar-refractivity contribution in [2.75, 3.05) is 11.5 Å². The van der Waals surface area contributed by atoms with Crippen molar-refractivity contribution in [2.24, 2.45) is 7.05 Å². The number of aromatic nitrogens is 2. The fourth-order valence-corrected chi connectivity index (χ4v) is 3.02. The van der Waals surface area contributed by atoms with Gasteiger partial charge in [-0.05, 0) is 11.5 Å². The normalized spacial score (nSPS) is 13.3. The highest BCUT2D eigenvalue weighted by Crippen LogP contribution is 2.59. The zero-order valence-electron chi connectivity index (χ0n) is 7.75. The van der Waals surface area contributed by atoms with Gasteiger partial charge in [-0.25, -0.2) is 0 Å². The molecule has 1 aromatic heterocycles. The maximum absolute atomic E-state index is 6.48. The smallest absolute Gasteiger partial charge is 0.0621 e. The summed E-state index contributed by atoms with van der Waals surface area (Å²) in [5.74, 6) is 2.05. The van der Waals surface area contributed by atoms with Gasteiger partial charge in [0.25, 0.3) is 0 Å². The molecule has 0 fully saturated rings. The fourth-order valence-electron chi connectivity index (χ4n) is 1.13. The van der Waals surface area contributed by atoms with Crippen LogP contribution in [0.2, 0.25) is 0 Å². The van der Waals surface area contributed by atoms with Gasteiger partial charge in [0.1, 0.15) is 0 Å². The van der Waals surface area contributed by atoms with E-state index in [0.717, 1.165) is 11.5 Å². The van der Waals surface area contributed by atoms with Crippen molar-refractivity contribution >= 4 is 19.9 Å². The summed E-state index contributed by atoms with van der Waals surface area (Å²) in [6.07, 6.45) is 3.91. The van der Waals surface area contributed by atoms with Crippen molar-refractivity contribution in [1.29, 1.82) is 0 Å². The van der Waals surface area contributed by atoms with E-state index in [2.05, 4.69) is 18.9 Å². The van der Waals surface area contributed by atoms with Crippen molar-refractivity contribution in [2.45, 2.75) is 18.7 Å². The summed E-state index contributed by atoms with van der Waals surface area (Å²) in [6.45, 7) is 4.28. The highest BCUT2D eigenvalue weighted by atomic mass is 35.7. The number of hydrogen-bond donors (Lipinski definition) is 0. The van der Waals surface area contributed by atoms with E-state index in [1.807, 2.05) is 24.1 Å². The topological polar surface area (TPSA) is 17.8 Å². The number of rotatable bonds is 3. The Kier molecular flexibility index (Phi) is 3.07. The quantitative estimate of drug-likeness (QED) is 0.744. The van der Waals surface area contributed by atoms with E-state index < -0.39 is 9.24 Å². The molecule has 0 atom stereocenters. The minimum atomic E-state index is -1.08. The molecule has 0 spiro atoms. The minimum Gasteiger partial charge on any atom is -0.275 e. The highest BCUT2D eigenvalue weighted by molar-refractivity contribution is 8.51. The van der Waals surface area contributed by atoms with Gasteiger partial charge < -0.3 is 0 Å². The van der Waals surface area contributed by atoms with E-state index >= 15 is 0 Å². The van der Waals surface area contributed by atoms with Crippen LogP contribution in [0.1, 0.15) is 13.8 Å². The first-order valence-corrected chi connectivity index (χ1v) is 6.89. The molecule has 1 heterocycles. The van der Waals surface area contributed by atoms with Crippen LogP contribution in [-0.4, -0.2) is 21.3 Å². The Balaban J connectivity index is 2.94. The van der Waals surface area contributed by atoms with Gasteiger partial charge in [-0.1, -0.05) is 24.5 Å². The minimum absolute atomic E-state index is 1.02. The summed E-state index contributed by atoms with van der Waals surface area (Å²) in [6, 6.07) is 0. The van der Waals surface area contributed by atoms with Crippen molar-refractivity contribution in [1.82, 2.24) is 9.78 Å². The first kappa shape index (κ1) is 9.93. The monoisotopic (exact) mass is 206 g/mol. The van der Waals surface area contributed by atoms with Gasteiger partial charge in [-0.3, -0.25) is 4.68 Å². The molecule has 12 heavy (non-hydrogen) atoms. The first-order chi connectivity index (χ1) is 5.62. The average Bonchev–Trinajstić information content (AvgIpc) is 2.51. The van der Waals surface area contributed by atoms with Gasteiger partial charge in [0.2, 0.25) is 0 Å². The van der Waals surface area contributed by atoms with Crippen LogP contribution in [-0.2, 0) is 7.05 Å². The van der Waals surface area contributed by atoms with Gasteiger partial charge in [-0.2, -0.15) is 5.10 Å². The second-order valence-corrected chi connectivity index (χ2v) is 7.69. The van der Waals surface area contributed by atoms with Crippen molar-refractivity contribution in [3.63, 3.8) is 0 Å². The SMILES string of the molecule is CCS(Cl)(CC)c1cnn(C)c1. The molecule has 0 aliphatic rings. The molecule has 70 valence electrons. The molecular formula is C8H15ClN2S. The van der Waals surface area contributed by atoms with Crippen LogP contribution in [0.25, 0.3) is 0 Å². The van der Waals surface area contributed by atoms with Gasteiger partial charge >= 0.3 is 0 Å². The molecule has 0 aliphatic carbocycles. The lowest BCUT2D eigenvalue weighted by Crippen LogP contribution is -1.97. The summed E-state index contributed by atoms with van der Waals surface area (Å²) in [5, 5.41) is 4.13. The Morgan fingerprint density at radius 1 is 1.50 bits per heavy atom. The molecule has 2 nitrogen and oxygen atoms in total. The lowest BCUT2D eigenvalue weighted by Gasteiger charge is -2.28. The molecule has 0 saturated heterocycles. The number of halogens is 1. The van der Waals surface area contributed by atoms with E-state index in [0.29, 0.717) is 0 Å². The van der Waals surface area contributed by atoms with Gasteiger partial charge in [0, 0.05) is 18.1 Å². The van der Waals surface area contributed by atoms with Crippen molar-refractivity contribution < 1.29 is 0 Å². The Labute approximate surface area is 79.7 Å². The molecule has 1 aromatic rings. The van der Waals surface area contributed by atoms with E-state index in [4.69, 9.17) is 10.7 Å². The van der Waals surface area contributed by atoms with Crippen LogP contribution in [0.5, 0.6) is 0 Å². The molecule has 0 N–H and O–H groups in total. The van der Waals surface area contributed by atoms with Gasteiger partial charge in [0.05, 0.1) is 6.20 Å². The summed E-state index contributed by atoms with van der Waals surface area (Å²) >= 11 is 0. The Morgan fingerprint density at radius 3 is 2.42 bits per heavy atom. The van der Waals surface area contributed by atoms with Crippen LogP contribution >= 0.6 is 19.9 Å². The van der Waals surface area contributed by atoms with E-state index in [1.165, 1.54) is 4.90 Å². The zero-order chi connectivity index (χ0) is 9.19. The number of hydrogen-bond acceptors (Lipinski definition) is 1. The first-order valence-electron chi connectivity index (χ1n) is 4.09. The van der Waals surface area contributed by atoms with Gasteiger partial charge in [0.15, 0.2) is 0 Å². The summed E-state index contributed by atoms with van der Waals surface area (Å²) < 4.78 is 1.81. The third-order valence-electron chi connectivity index (χ3n) is 2.02. The molecule has 0 saturated carbocycles. The van der Waals surface area contributed by atoms with Crippen LogP contribution < -0.4 is 0 Å². The molecule has 0 radical (unpaired) electrons. The lowest BCUT2D eigenvalue weighted by molar-refractivity contribution is 0.766. The molecule has 0 aromatic carbocycles. The van der Waals surface area contributed by atoms with Gasteiger partial charge in [-0.15, -0.1) is 9.24 Å². The number of aryl methyl sites for hydroxylation is 1. The molecular weight excluding hydrogens is 192 g/mol. The standard InChI is InChI=1S/C8H15ClN2S/c1-4-12(9,5-2)8-6-10-11(3)7-8/h6-7H,4-5H2,1-3H3. The Bertz CT molecular complexity index is 255. The molecule has 0 aliphatic heterocycles. The maximum atomic E-state index is 6.48. The second kappa shape index (κ2) is 3.71. The molecule has 0 bridgehead atoms. The second-order valence-electron chi connectivity index (χ2n) is 2.72. The van der Waals surface area contributed by atoms with Crippen LogP contribution in [0.3, 0.4) is 0 Å². The maximum Gasteiger partial charge on any atom is 0.0621 e. The molecule has 0 amide bonds. The predicted octanol–water partition coefficient (Wildman–Crippen LogP) is 2.78. The summed E-state index contributed by atoms with van der Waals surface area (Å²) in [5.41, 5.74) is 0. The Morgan fingerprint density at radius 2 is 2.08 bits per heavy atom. The Hall–Kier alpha value is -0.150. The number of nitrogens with zero attached hydrogens (tertiary/aromatic N) is 2. The fraction of sp³-hybridized carbons (Fsp3) is 0.625. The predicted molar refractivity (Wildman–Crippen MR) is 56.0 cm³/mol. The zero-order valence-corrected chi connectivity index (χ0v) is 9.32. The van der Waals surface area contributed by atoms with Crippen LogP contribution in [0.15, 0.2) is 17.3 Å². The van der Waals surface area contributed by atoms with Crippen molar-refractivity contribution in [3.8, 4) is 0 Å². The third-order valence-corrected chi connectivity index (χ3v) is 6.75. The summed E-state index contributed by atoms with van der Waals surface area (Å²) in [4.78, 5) is 1.21. The molecule has 4 heteroatoms.